The molecule has 0 bridgehead atoms. The molecular formula is C10H14N2O2. The van der Waals surface area contributed by atoms with Crippen LogP contribution in [0.25, 0.3) is 0 Å². The van der Waals surface area contributed by atoms with Crippen LogP contribution in [0.15, 0.2) is 24.3 Å². The van der Waals surface area contributed by atoms with E-state index in [0.717, 1.165) is 0 Å². The van der Waals surface area contributed by atoms with E-state index in [1.165, 1.54) is 0 Å². The third-order valence-corrected chi connectivity index (χ3v) is 1.71. The summed E-state index contributed by atoms with van der Waals surface area (Å²) in [5.41, 5.74) is 6.58. The van der Waals surface area contributed by atoms with Crippen molar-refractivity contribution >= 4 is 11.6 Å². The molecule has 0 radical (unpaired) electrons. The second-order valence-corrected chi connectivity index (χ2v) is 3.18. The van der Waals surface area contributed by atoms with E-state index in [0.29, 0.717) is 11.3 Å². The quantitative estimate of drug-likeness (QED) is 0.609. The van der Waals surface area contributed by atoms with Crippen molar-refractivity contribution in [2.24, 2.45) is 0 Å². The molecule has 0 aromatic heterocycles. The molecule has 76 valence electrons. The Bertz CT molecular complexity index is 324. The third-order valence-electron chi connectivity index (χ3n) is 1.71. The highest BCUT2D eigenvalue weighted by Crippen LogP contribution is 2.05. The van der Waals surface area contributed by atoms with Crippen LogP contribution in [0.4, 0.5) is 5.69 Å². The van der Waals surface area contributed by atoms with Gasteiger partial charge in [-0.2, -0.15) is 0 Å². The number of nitrogens with one attached hydrogen (secondary N) is 1. The van der Waals surface area contributed by atoms with Crippen LogP contribution in [0.5, 0.6) is 0 Å². The van der Waals surface area contributed by atoms with Gasteiger partial charge in [0.25, 0.3) is 5.91 Å². The SMILES string of the molecule is C[C@H](O)CNC(=O)c1cccc(N)c1. The van der Waals surface area contributed by atoms with E-state index >= 15 is 0 Å². The molecule has 0 aliphatic rings. The molecule has 1 aromatic rings. The summed E-state index contributed by atoms with van der Waals surface area (Å²) >= 11 is 0. The molecule has 0 aliphatic heterocycles. The number of aliphatic hydroxyl groups is 1. The first-order chi connectivity index (χ1) is 6.59. The molecule has 4 N–H and O–H groups in total. The summed E-state index contributed by atoms with van der Waals surface area (Å²) in [5, 5.41) is 11.5. The van der Waals surface area contributed by atoms with Crippen LogP contribution in [0, 0.1) is 0 Å². The van der Waals surface area contributed by atoms with Crippen molar-refractivity contribution in [1.82, 2.24) is 5.32 Å². The molecule has 0 unspecified atom stereocenters. The number of nitrogens with two attached hydrogens (primary N) is 1. The van der Waals surface area contributed by atoms with Gasteiger partial charge in [-0.25, -0.2) is 0 Å². The predicted octanol–water partition coefficient (Wildman–Crippen LogP) is 0.379. The Morgan fingerprint density at radius 2 is 2.36 bits per heavy atom. The standard InChI is InChI=1S/C10H14N2O2/c1-7(13)6-12-10(14)8-3-2-4-9(11)5-8/h2-5,7,13H,6,11H2,1H3,(H,12,14)/t7-/m0/s1. The summed E-state index contributed by atoms with van der Waals surface area (Å²) in [5.74, 6) is -0.224. The van der Waals surface area contributed by atoms with Crippen molar-refractivity contribution < 1.29 is 9.90 Å². The van der Waals surface area contributed by atoms with Gasteiger partial charge in [0, 0.05) is 17.8 Å². The fourth-order valence-corrected chi connectivity index (χ4v) is 1.02. The van der Waals surface area contributed by atoms with Crippen molar-refractivity contribution in [3.8, 4) is 0 Å². The number of benzene rings is 1. The van der Waals surface area contributed by atoms with Crippen LogP contribution in [0.3, 0.4) is 0 Å². The van der Waals surface area contributed by atoms with Gasteiger partial charge in [-0.15, -0.1) is 0 Å². The van der Waals surface area contributed by atoms with Crippen LogP contribution in [-0.4, -0.2) is 23.7 Å². The van der Waals surface area contributed by atoms with Crippen LogP contribution < -0.4 is 11.1 Å². The zero-order valence-electron chi connectivity index (χ0n) is 8.03. The first kappa shape index (κ1) is 10.5. The zero-order valence-corrected chi connectivity index (χ0v) is 8.03. The van der Waals surface area contributed by atoms with Crippen molar-refractivity contribution in [3.63, 3.8) is 0 Å². The average Bonchev–Trinajstić information content (AvgIpc) is 2.14. The predicted molar refractivity (Wildman–Crippen MR) is 54.9 cm³/mol. The second kappa shape index (κ2) is 4.62. The van der Waals surface area contributed by atoms with Crippen molar-refractivity contribution in [2.45, 2.75) is 13.0 Å². The summed E-state index contributed by atoms with van der Waals surface area (Å²) in [4.78, 5) is 11.4. The summed E-state index contributed by atoms with van der Waals surface area (Å²) in [6, 6.07) is 6.70. The number of aliphatic hydroxyl groups excluding tert-OH is 1. The van der Waals surface area contributed by atoms with E-state index in [2.05, 4.69) is 5.32 Å². The van der Waals surface area contributed by atoms with Crippen LogP contribution in [0.2, 0.25) is 0 Å². The Balaban J connectivity index is 2.61. The minimum Gasteiger partial charge on any atom is -0.399 e. The number of carbonyl (C=O) groups is 1. The Hall–Kier alpha value is -1.55. The highest BCUT2D eigenvalue weighted by molar-refractivity contribution is 5.94. The molecular weight excluding hydrogens is 180 g/mol. The minimum atomic E-state index is -0.542. The van der Waals surface area contributed by atoms with E-state index in [9.17, 15) is 4.79 Å². The largest absolute Gasteiger partial charge is 0.399 e. The molecule has 1 aromatic carbocycles. The number of amides is 1. The van der Waals surface area contributed by atoms with Crippen LogP contribution >= 0.6 is 0 Å². The second-order valence-electron chi connectivity index (χ2n) is 3.18. The van der Waals surface area contributed by atoms with Gasteiger partial charge in [0.05, 0.1) is 6.10 Å². The van der Waals surface area contributed by atoms with Gasteiger partial charge in [0.15, 0.2) is 0 Å². The lowest BCUT2D eigenvalue weighted by molar-refractivity contribution is 0.0924. The summed E-state index contributed by atoms with van der Waals surface area (Å²) < 4.78 is 0. The maximum Gasteiger partial charge on any atom is 0.251 e. The van der Waals surface area contributed by atoms with E-state index in [1.54, 1.807) is 31.2 Å². The lowest BCUT2D eigenvalue weighted by Crippen LogP contribution is -2.30. The Kier molecular flexibility index (Phi) is 3.48. The van der Waals surface area contributed by atoms with Gasteiger partial charge in [0.1, 0.15) is 0 Å². The monoisotopic (exact) mass is 194 g/mol. The number of hydrogen-bond acceptors (Lipinski definition) is 3. The molecule has 0 saturated carbocycles. The number of hydrogen-bond donors (Lipinski definition) is 3. The summed E-state index contributed by atoms with van der Waals surface area (Å²) in [6.07, 6.45) is -0.542. The zero-order chi connectivity index (χ0) is 10.6. The van der Waals surface area contributed by atoms with Gasteiger partial charge >= 0.3 is 0 Å². The molecule has 1 atom stereocenters. The molecule has 14 heavy (non-hydrogen) atoms. The normalized spacial score (nSPS) is 12.1. The van der Waals surface area contributed by atoms with Crippen molar-refractivity contribution in [3.05, 3.63) is 29.8 Å². The summed E-state index contributed by atoms with van der Waals surface area (Å²) in [6.45, 7) is 1.85. The Morgan fingerprint density at radius 3 is 2.93 bits per heavy atom. The van der Waals surface area contributed by atoms with E-state index in [4.69, 9.17) is 10.8 Å². The minimum absolute atomic E-state index is 0.224. The van der Waals surface area contributed by atoms with E-state index in [1.807, 2.05) is 0 Å². The van der Waals surface area contributed by atoms with Gasteiger partial charge < -0.3 is 16.2 Å². The maximum atomic E-state index is 11.4. The molecule has 1 rings (SSSR count). The number of nitrogen functional groups attached to an aromatic ring is 1. The highest BCUT2D eigenvalue weighted by Gasteiger charge is 2.05. The van der Waals surface area contributed by atoms with Gasteiger partial charge in [-0.3, -0.25) is 4.79 Å². The maximum absolute atomic E-state index is 11.4. The molecule has 0 saturated heterocycles. The van der Waals surface area contributed by atoms with E-state index in [-0.39, 0.29) is 12.5 Å². The molecule has 1 amide bonds. The van der Waals surface area contributed by atoms with Gasteiger partial charge in [-0.05, 0) is 25.1 Å². The average molecular weight is 194 g/mol. The van der Waals surface area contributed by atoms with Crippen LogP contribution in [0.1, 0.15) is 17.3 Å². The van der Waals surface area contributed by atoms with Crippen LogP contribution in [-0.2, 0) is 0 Å². The Morgan fingerprint density at radius 1 is 1.64 bits per heavy atom. The number of rotatable bonds is 3. The molecule has 4 heteroatoms. The number of carbonyl (C=O) groups excluding carboxylic acids is 1. The molecule has 0 spiro atoms. The van der Waals surface area contributed by atoms with Crippen molar-refractivity contribution in [1.29, 1.82) is 0 Å². The molecule has 0 aliphatic carbocycles. The lowest BCUT2D eigenvalue weighted by Gasteiger charge is -2.07. The summed E-state index contributed by atoms with van der Waals surface area (Å²) in [7, 11) is 0. The van der Waals surface area contributed by atoms with Gasteiger partial charge in [-0.1, -0.05) is 6.07 Å². The molecule has 0 heterocycles. The lowest BCUT2D eigenvalue weighted by atomic mass is 10.2. The smallest absolute Gasteiger partial charge is 0.251 e. The van der Waals surface area contributed by atoms with E-state index < -0.39 is 6.10 Å². The van der Waals surface area contributed by atoms with Gasteiger partial charge in [0.2, 0.25) is 0 Å². The molecule has 4 nitrogen and oxygen atoms in total. The first-order valence-corrected chi connectivity index (χ1v) is 4.41. The topological polar surface area (TPSA) is 75.3 Å². The Labute approximate surface area is 82.7 Å². The fourth-order valence-electron chi connectivity index (χ4n) is 1.02. The first-order valence-electron chi connectivity index (χ1n) is 4.41. The van der Waals surface area contributed by atoms with Crippen molar-refractivity contribution in [2.75, 3.05) is 12.3 Å². The molecule has 0 fully saturated rings. The third kappa shape index (κ3) is 3.06. The highest BCUT2D eigenvalue weighted by atomic mass is 16.3. The number of anilines is 1. The fraction of sp³-hybridized carbons (Fsp3) is 0.300.